The fraction of sp³-hybridized carbons (Fsp3) is 0.194. The van der Waals surface area contributed by atoms with Crippen molar-refractivity contribution in [3.05, 3.63) is 143 Å². The van der Waals surface area contributed by atoms with Crippen LogP contribution in [0, 0.1) is 5.92 Å². The first kappa shape index (κ1) is 25.2. The fourth-order valence-corrected chi connectivity index (χ4v) is 7.24. The van der Waals surface area contributed by atoms with Crippen LogP contribution in [0.25, 0.3) is 6.08 Å². The number of hydrogen-bond donors (Lipinski definition) is 1. The van der Waals surface area contributed by atoms with E-state index >= 15 is 0 Å². The highest BCUT2D eigenvalue weighted by atomic mass is 16.2. The molecule has 3 heterocycles. The van der Waals surface area contributed by atoms with E-state index in [-0.39, 0.29) is 17.5 Å². The normalized spacial score (nSPS) is 23.6. The van der Waals surface area contributed by atoms with Gasteiger partial charge >= 0.3 is 0 Å². The first-order valence-electron chi connectivity index (χ1n) is 14.2. The summed E-state index contributed by atoms with van der Waals surface area (Å²) in [6.07, 6.45) is 5.82. The van der Waals surface area contributed by atoms with Gasteiger partial charge in [-0.25, -0.2) is 0 Å². The smallest absolute Gasteiger partial charge is 0.238 e. The van der Waals surface area contributed by atoms with Gasteiger partial charge in [0.2, 0.25) is 5.91 Å². The summed E-state index contributed by atoms with van der Waals surface area (Å²) in [5.74, 6) is -1.58. The SMILES string of the molecule is CCCc1ccc(C(=O)[C@H]2[C@@H](C(=O)c3ccccc3)N3C=Cc4ccccc4[C@@H]3[C@]23C(=O)Nc2ccccc23)cc1. The molecular weight excluding hydrogens is 508 g/mol. The van der Waals surface area contributed by atoms with Gasteiger partial charge in [0.05, 0.1) is 12.0 Å². The molecule has 0 saturated carbocycles. The van der Waals surface area contributed by atoms with Crippen LogP contribution in [0.1, 0.15) is 62.4 Å². The molecule has 0 aromatic heterocycles. The minimum Gasteiger partial charge on any atom is -0.358 e. The van der Waals surface area contributed by atoms with Crippen LogP contribution < -0.4 is 5.32 Å². The van der Waals surface area contributed by atoms with E-state index in [1.165, 1.54) is 0 Å². The van der Waals surface area contributed by atoms with Crippen molar-refractivity contribution in [2.45, 2.75) is 37.3 Å². The number of hydrogen-bond acceptors (Lipinski definition) is 4. The maximum atomic E-state index is 14.9. The minimum atomic E-state index is -1.31. The number of aryl methyl sites for hydroxylation is 1. The third-order valence-corrected chi connectivity index (χ3v) is 8.96. The van der Waals surface area contributed by atoms with Crippen molar-refractivity contribution < 1.29 is 14.4 Å². The van der Waals surface area contributed by atoms with E-state index in [9.17, 15) is 14.4 Å². The average Bonchev–Trinajstić information content (AvgIpc) is 3.49. The Balaban J connectivity index is 1.50. The number of Topliss-reactive ketones (excluding diaryl/α,β-unsaturated/α-hetero) is 2. The molecule has 1 N–H and O–H groups in total. The highest BCUT2D eigenvalue weighted by Gasteiger charge is 2.70. The van der Waals surface area contributed by atoms with Crippen LogP contribution in [0.5, 0.6) is 0 Å². The molecule has 202 valence electrons. The Morgan fingerprint density at radius 2 is 1.49 bits per heavy atom. The Kier molecular flexibility index (Phi) is 5.97. The lowest BCUT2D eigenvalue weighted by molar-refractivity contribution is -0.122. The number of carbonyl (C=O) groups is 3. The lowest BCUT2D eigenvalue weighted by Crippen LogP contribution is -2.49. The van der Waals surface area contributed by atoms with Crippen molar-refractivity contribution in [2.24, 2.45) is 5.92 Å². The summed E-state index contributed by atoms with van der Waals surface area (Å²) in [6, 6.07) is 30.9. The van der Waals surface area contributed by atoms with Gasteiger partial charge in [0, 0.05) is 23.0 Å². The molecule has 1 spiro atoms. The van der Waals surface area contributed by atoms with Gasteiger partial charge in [-0.15, -0.1) is 0 Å². The Morgan fingerprint density at radius 1 is 0.805 bits per heavy atom. The summed E-state index contributed by atoms with van der Waals surface area (Å²) >= 11 is 0. The summed E-state index contributed by atoms with van der Waals surface area (Å²) in [7, 11) is 0. The second-order valence-corrected chi connectivity index (χ2v) is 11.1. The molecular formula is C36H30N2O3. The van der Waals surface area contributed by atoms with Gasteiger partial charge in [0.25, 0.3) is 0 Å². The maximum Gasteiger partial charge on any atom is 0.238 e. The van der Waals surface area contributed by atoms with Gasteiger partial charge in [0.1, 0.15) is 11.5 Å². The van der Waals surface area contributed by atoms with Crippen molar-refractivity contribution in [1.29, 1.82) is 0 Å². The number of nitrogens with one attached hydrogen (secondary N) is 1. The van der Waals surface area contributed by atoms with Gasteiger partial charge in [-0.3, -0.25) is 14.4 Å². The number of benzene rings is 4. The largest absolute Gasteiger partial charge is 0.358 e. The molecule has 3 aliphatic heterocycles. The number of para-hydroxylation sites is 1. The number of carbonyl (C=O) groups excluding carboxylic acids is 3. The Hall–Kier alpha value is -4.77. The van der Waals surface area contributed by atoms with Crippen LogP contribution >= 0.6 is 0 Å². The lowest BCUT2D eigenvalue weighted by Gasteiger charge is -2.38. The predicted octanol–water partition coefficient (Wildman–Crippen LogP) is 6.62. The fourth-order valence-electron chi connectivity index (χ4n) is 7.24. The zero-order valence-corrected chi connectivity index (χ0v) is 22.8. The van der Waals surface area contributed by atoms with E-state index in [0.29, 0.717) is 16.8 Å². The molecule has 3 aliphatic rings. The maximum absolute atomic E-state index is 14.9. The van der Waals surface area contributed by atoms with Crippen LogP contribution in [0.2, 0.25) is 0 Å². The Labute approximate surface area is 239 Å². The monoisotopic (exact) mass is 538 g/mol. The van der Waals surface area contributed by atoms with Crippen LogP contribution in [0.4, 0.5) is 5.69 Å². The van der Waals surface area contributed by atoms with Crippen molar-refractivity contribution in [3.8, 4) is 0 Å². The van der Waals surface area contributed by atoms with E-state index in [1.54, 1.807) is 12.1 Å². The van der Waals surface area contributed by atoms with E-state index < -0.39 is 23.4 Å². The first-order valence-corrected chi connectivity index (χ1v) is 14.2. The van der Waals surface area contributed by atoms with Gasteiger partial charge in [0.15, 0.2) is 11.6 Å². The third-order valence-electron chi connectivity index (χ3n) is 8.96. The van der Waals surface area contributed by atoms with E-state index in [0.717, 1.165) is 35.1 Å². The van der Waals surface area contributed by atoms with Crippen molar-refractivity contribution in [3.63, 3.8) is 0 Å². The quantitative estimate of drug-likeness (QED) is 0.280. The van der Waals surface area contributed by atoms with Crippen LogP contribution in [0.15, 0.2) is 109 Å². The van der Waals surface area contributed by atoms with Crippen molar-refractivity contribution >= 4 is 29.2 Å². The number of anilines is 1. The Bertz CT molecular complexity index is 1710. The number of rotatable bonds is 6. The molecule has 4 aromatic carbocycles. The van der Waals surface area contributed by atoms with E-state index in [4.69, 9.17) is 0 Å². The molecule has 4 aromatic rings. The highest BCUT2D eigenvalue weighted by Crippen LogP contribution is 2.62. The molecule has 0 unspecified atom stereocenters. The number of nitrogens with zero attached hydrogens (tertiary/aromatic N) is 1. The summed E-state index contributed by atoms with van der Waals surface area (Å²) in [6.45, 7) is 2.12. The lowest BCUT2D eigenvalue weighted by atomic mass is 9.62. The highest BCUT2D eigenvalue weighted by molar-refractivity contribution is 6.16. The van der Waals surface area contributed by atoms with Gasteiger partial charge in [-0.2, -0.15) is 0 Å². The molecule has 1 fully saturated rings. The zero-order valence-electron chi connectivity index (χ0n) is 22.8. The van der Waals surface area contributed by atoms with Crippen LogP contribution in [-0.4, -0.2) is 28.4 Å². The molecule has 0 bridgehead atoms. The molecule has 5 nitrogen and oxygen atoms in total. The molecule has 5 heteroatoms. The zero-order chi connectivity index (χ0) is 28.1. The second kappa shape index (κ2) is 9.70. The minimum absolute atomic E-state index is 0.172. The number of fused-ring (bicyclic) bond motifs is 6. The Morgan fingerprint density at radius 3 is 2.27 bits per heavy atom. The molecule has 1 saturated heterocycles. The van der Waals surface area contributed by atoms with E-state index in [1.807, 2.05) is 108 Å². The van der Waals surface area contributed by atoms with E-state index in [2.05, 4.69) is 12.2 Å². The third kappa shape index (κ3) is 3.65. The molecule has 0 radical (unpaired) electrons. The van der Waals surface area contributed by atoms with Gasteiger partial charge in [-0.1, -0.05) is 110 Å². The first-order chi connectivity index (χ1) is 20.1. The van der Waals surface area contributed by atoms with Crippen molar-refractivity contribution in [1.82, 2.24) is 4.90 Å². The predicted molar refractivity (Wildman–Crippen MR) is 160 cm³/mol. The number of ketones is 2. The standard InChI is InChI=1S/C36H30N2O3/c1-2-10-23-17-19-26(20-18-23)32(39)30-31(33(40)25-12-4-3-5-13-25)38-22-21-24-11-6-7-14-27(24)34(38)36(30)28-15-8-9-16-29(28)37-35(36)41/h3-9,11-22,30-31,34H,2,10H2,1H3,(H,37,41)/t30-,31+,34-,36-/m1/s1. The summed E-state index contributed by atoms with van der Waals surface area (Å²) in [4.78, 5) is 45.8. The molecule has 4 atom stereocenters. The van der Waals surface area contributed by atoms with Crippen LogP contribution in [0.3, 0.4) is 0 Å². The second-order valence-electron chi connectivity index (χ2n) is 11.1. The topological polar surface area (TPSA) is 66.5 Å². The van der Waals surface area contributed by atoms with Gasteiger partial charge in [-0.05, 0) is 40.8 Å². The molecule has 7 rings (SSSR count). The number of amides is 1. The van der Waals surface area contributed by atoms with Gasteiger partial charge < -0.3 is 10.2 Å². The molecule has 41 heavy (non-hydrogen) atoms. The summed E-state index contributed by atoms with van der Waals surface area (Å²) in [5.41, 5.74) is 4.22. The summed E-state index contributed by atoms with van der Waals surface area (Å²) < 4.78 is 0. The average molecular weight is 539 g/mol. The molecule has 1 amide bonds. The summed E-state index contributed by atoms with van der Waals surface area (Å²) in [5, 5.41) is 3.10. The van der Waals surface area contributed by atoms with Crippen molar-refractivity contribution in [2.75, 3.05) is 5.32 Å². The molecule has 0 aliphatic carbocycles. The van der Waals surface area contributed by atoms with Crippen LogP contribution in [-0.2, 0) is 16.6 Å².